The number of fused-ring (bicyclic) bond motifs is 3. The molecule has 25 heavy (non-hydrogen) atoms. The number of hydrogen-bond acceptors (Lipinski definition) is 2. The molecule has 1 aliphatic heterocycles. The van der Waals surface area contributed by atoms with Gasteiger partial charge in [0.25, 0.3) is 0 Å². The number of sulfonamides is 1. The minimum atomic E-state index is -3.56. The Hall–Kier alpha value is -1.53. The molecule has 0 radical (unpaired) electrons. The molecular formula is C18H16Cl2N2O2S. The average molecular weight is 395 g/mol. The lowest BCUT2D eigenvalue weighted by Gasteiger charge is -2.26. The Morgan fingerprint density at radius 1 is 1.12 bits per heavy atom. The zero-order chi connectivity index (χ0) is 17.8. The maximum atomic E-state index is 13.0. The minimum Gasteiger partial charge on any atom is -0.358 e. The van der Waals surface area contributed by atoms with Crippen LogP contribution in [0.15, 0.2) is 41.3 Å². The molecule has 2 heterocycles. The van der Waals surface area contributed by atoms with E-state index in [9.17, 15) is 8.42 Å². The van der Waals surface area contributed by atoms with Crippen LogP contribution in [0, 0.1) is 6.92 Å². The van der Waals surface area contributed by atoms with Crippen molar-refractivity contribution in [2.24, 2.45) is 0 Å². The SMILES string of the molecule is Cc1cc(S(=O)(=O)N2CCc3[nH]c4cc(Cl)ccc4c3C2)ccc1Cl. The maximum absolute atomic E-state index is 13.0. The van der Waals surface area contributed by atoms with Gasteiger partial charge in [-0.05, 0) is 48.4 Å². The standard InChI is InChI=1S/C18H16Cl2N2O2S/c1-11-8-13(3-5-16(11)20)25(23,24)22-7-6-17-15(10-22)14-4-2-12(19)9-18(14)21-17/h2-5,8-9,21H,6-7,10H2,1H3. The molecule has 0 saturated carbocycles. The Balaban J connectivity index is 1.74. The van der Waals surface area contributed by atoms with Crippen LogP contribution < -0.4 is 0 Å². The van der Waals surface area contributed by atoms with Crippen molar-refractivity contribution in [1.29, 1.82) is 0 Å². The fraction of sp³-hybridized carbons (Fsp3) is 0.222. The van der Waals surface area contributed by atoms with Gasteiger partial charge in [0, 0.05) is 46.2 Å². The first-order valence-electron chi connectivity index (χ1n) is 7.91. The number of aromatic amines is 1. The first kappa shape index (κ1) is 16.9. The third kappa shape index (κ3) is 2.85. The summed E-state index contributed by atoms with van der Waals surface area (Å²) in [6.07, 6.45) is 0.646. The zero-order valence-electron chi connectivity index (χ0n) is 13.5. The summed E-state index contributed by atoms with van der Waals surface area (Å²) in [5.41, 5.74) is 3.80. The van der Waals surface area contributed by atoms with Gasteiger partial charge in [0.1, 0.15) is 0 Å². The van der Waals surface area contributed by atoms with Gasteiger partial charge < -0.3 is 4.98 Å². The molecule has 1 aliphatic rings. The van der Waals surface area contributed by atoms with Crippen LogP contribution in [0.25, 0.3) is 10.9 Å². The van der Waals surface area contributed by atoms with Crippen LogP contribution in [0.5, 0.6) is 0 Å². The number of nitrogens with zero attached hydrogens (tertiary/aromatic N) is 1. The first-order chi connectivity index (χ1) is 11.9. The molecule has 2 aromatic carbocycles. The molecule has 1 aromatic heterocycles. The number of hydrogen-bond donors (Lipinski definition) is 1. The fourth-order valence-electron chi connectivity index (χ4n) is 3.30. The van der Waals surface area contributed by atoms with Crippen LogP contribution in [0.1, 0.15) is 16.8 Å². The van der Waals surface area contributed by atoms with Crippen LogP contribution in [-0.2, 0) is 23.0 Å². The van der Waals surface area contributed by atoms with Gasteiger partial charge in [-0.2, -0.15) is 4.31 Å². The summed E-state index contributed by atoms with van der Waals surface area (Å²) in [5.74, 6) is 0. The van der Waals surface area contributed by atoms with Crippen molar-refractivity contribution in [3.05, 3.63) is 63.3 Å². The first-order valence-corrected chi connectivity index (χ1v) is 10.1. The minimum absolute atomic E-state index is 0.278. The Bertz CT molecular complexity index is 1090. The highest BCUT2D eigenvalue weighted by Crippen LogP contribution is 2.32. The number of benzene rings is 2. The second kappa shape index (κ2) is 6.02. The van der Waals surface area contributed by atoms with Crippen LogP contribution in [0.2, 0.25) is 10.0 Å². The van der Waals surface area contributed by atoms with E-state index in [0.717, 1.165) is 27.7 Å². The molecule has 3 aromatic rings. The van der Waals surface area contributed by atoms with E-state index in [2.05, 4.69) is 4.98 Å². The number of aryl methyl sites for hydroxylation is 1. The van der Waals surface area contributed by atoms with Gasteiger partial charge in [-0.1, -0.05) is 29.3 Å². The van der Waals surface area contributed by atoms with E-state index in [1.54, 1.807) is 25.1 Å². The van der Waals surface area contributed by atoms with Crippen molar-refractivity contribution in [3.8, 4) is 0 Å². The van der Waals surface area contributed by atoms with E-state index in [1.807, 2.05) is 18.2 Å². The van der Waals surface area contributed by atoms with Gasteiger partial charge in [0.2, 0.25) is 10.0 Å². The summed E-state index contributed by atoms with van der Waals surface area (Å²) in [7, 11) is -3.56. The van der Waals surface area contributed by atoms with E-state index in [0.29, 0.717) is 29.6 Å². The number of rotatable bonds is 2. The smallest absolute Gasteiger partial charge is 0.243 e. The number of H-pyrrole nitrogens is 1. The van der Waals surface area contributed by atoms with Crippen LogP contribution in [-0.4, -0.2) is 24.3 Å². The lowest BCUT2D eigenvalue weighted by atomic mass is 10.1. The summed E-state index contributed by atoms with van der Waals surface area (Å²) < 4.78 is 27.6. The van der Waals surface area contributed by atoms with Crippen molar-refractivity contribution < 1.29 is 8.42 Å². The van der Waals surface area contributed by atoms with E-state index < -0.39 is 10.0 Å². The molecule has 4 rings (SSSR count). The number of halogens is 2. The summed E-state index contributed by atoms with van der Waals surface area (Å²) in [6, 6.07) is 10.5. The summed E-state index contributed by atoms with van der Waals surface area (Å²) in [5, 5.41) is 2.24. The van der Waals surface area contributed by atoms with Crippen LogP contribution in [0.4, 0.5) is 0 Å². The van der Waals surface area contributed by atoms with Gasteiger partial charge in [0.15, 0.2) is 0 Å². The normalized spacial score (nSPS) is 15.5. The van der Waals surface area contributed by atoms with Gasteiger partial charge in [-0.3, -0.25) is 0 Å². The fourth-order valence-corrected chi connectivity index (χ4v) is 5.09. The third-order valence-corrected chi connectivity index (χ3v) is 7.17. The van der Waals surface area contributed by atoms with Gasteiger partial charge in [-0.15, -0.1) is 0 Å². The topological polar surface area (TPSA) is 53.2 Å². The molecule has 0 fully saturated rings. The van der Waals surface area contributed by atoms with E-state index in [-0.39, 0.29) is 4.90 Å². The second-order valence-electron chi connectivity index (χ2n) is 6.27. The predicted molar refractivity (Wildman–Crippen MR) is 101 cm³/mol. The average Bonchev–Trinajstić information content (AvgIpc) is 2.93. The van der Waals surface area contributed by atoms with Gasteiger partial charge in [0.05, 0.1) is 4.90 Å². The van der Waals surface area contributed by atoms with Gasteiger partial charge in [-0.25, -0.2) is 8.42 Å². The molecule has 0 bridgehead atoms. The lowest BCUT2D eigenvalue weighted by molar-refractivity contribution is 0.391. The number of nitrogens with one attached hydrogen (secondary N) is 1. The molecule has 0 unspecified atom stereocenters. The molecular weight excluding hydrogens is 379 g/mol. The van der Waals surface area contributed by atoms with Crippen LogP contribution in [0.3, 0.4) is 0 Å². The van der Waals surface area contributed by atoms with Crippen molar-refractivity contribution >= 4 is 44.1 Å². The largest absolute Gasteiger partial charge is 0.358 e. The monoisotopic (exact) mass is 394 g/mol. The molecule has 0 aliphatic carbocycles. The molecule has 130 valence electrons. The third-order valence-electron chi connectivity index (χ3n) is 4.67. The predicted octanol–water partition coefficient (Wildman–Crippen LogP) is 4.53. The Kier molecular flexibility index (Phi) is 4.07. The van der Waals surface area contributed by atoms with E-state index >= 15 is 0 Å². The van der Waals surface area contributed by atoms with Crippen LogP contribution >= 0.6 is 23.2 Å². The Labute approximate surface area is 156 Å². The van der Waals surface area contributed by atoms with Crippen molar-refractivity contribution in [2.75, 3.05) is 6.54 Å². The van der Waals surface area contributed by atoms with Crippen molar-refractivity contribution in [2.45, 2.75) is 24.8 Å². The zero-order valence-corrected chi connectivity index (χ0v) is 15.8. The molecule has 4 nitrogen and oxygen atoms in total. The van der Waals surface area contributed by atoms with Gasteiger partial charge >= 0.3 is 0 Å². The molecule has 0 spiro atoms. The second-order valence-corrected chi connectivity index (χ2v) is 9.05. The van der Waals surface area contributed by atoms with Crippen molar-refractivity contribution in [1.82, 2.24) is 9.29 Å². The molecule has 0 amide bonds. The quantitative estimate of drug-likeness (QED) is 0.693. The maximum Gasteiger partial charge on any atom is 0.243 e. The highest BCUT2D eigenvalue weighted by atomic mass is 35.5. The molecule has 0 atom stereocenters. The molecule has 0 saturated heterocycles. The summed E-state index contributed by atoms with van der Waals surface area (Å²) >= 11 is 12.1. The van der Waals surface area contributed by atoms with Crippen molar-refractivity contribution in [3.63, 3.8) is 0 Å². The summed E-state index contributed by atoms with van der Waals surface area (Å²) in [6.45, 7) is 2.59. The number of aromatic nitrogens is 1. The molecule has 1 N–H and O–H groups in total. The highest BCUT2D eigenvalue weighted by Gasteiger charge is 2.30. The van der Waals surface area contributed by atoms with E-state index in [4.69, 9.17) is 23.2 Å². The molecule has 7 heteroatoms. The highest BCUT2D eigenvalue weighted by molar-refractivity contribution is 7.89. The summed E-state index contributed by atoms with van der Waals surface area (Å²) in [4.78, 5) is 3.64. The van der Waals surface area contributed by atoms with E-state index in [1.165, 1.54) is 4.31 Å². The Morgan fingerprint density at radius 3 is 2.68 bits per heavy atom. The Morgan fingerprint density at radius 2 is 1.92 bits per heavy atom. The lowest BCUT2D eigenvalue weighted by Crippen LogP contribution is -2.35.